The Morgan fingerprint density at radius 2 is 1.61 bits per heavy atom. The van der Waals surface area contributed by atoms with Crippen LogP contribution in [0.15, 0.2) is 76.7 Å². The maximum absolute atomic E-state index is 13.6. The topological polar surface area (TPSA) is 136 Å². The van der Waals surface area contributed by atoms with E-state index in [1.54, 1.807) is 24.3 Å². The molecule has 0 saturated carbocycles. The van der Waals surface area contributed by atoms with Gasteiger partial charge in [0, 0.05) is 12.1 Å². The number of carbonyl (C=O) groups is 2. The number of carbonyl (C=O) groups excluding carboxylic acids is 2. The van der Waals surface area contributed by atoms with E-state index in [4.69, 9.17) is 14.2 Å². The normalized spacial score (nSPS) is 11.3. The molecule has 3 rings (SSSR count). The zero-order chi connectivity index (χ0) is 30.0. The van der Waals surface area contributed by atoms with Gasteiger partial charge in [0.1, 0.15) is 18.1 Å². The number of nitrogens with one attached hydrogen (secondary N) is 2. The fraction of sp³-hybridized carbons (Fsp3) is 0.250. The molecule has 218 valence electrons. The molecule has 11 nitrogen and oxygen atoms in total. The van der Waals surface area contributed by atoms with Gasteiger partial charge in [-0.1, -0.05) is 0 Å². The van der Waals surface area contributed by atoms with Gasteiger partial charge in [-0.3, -0.25) is 13.9 Å². The molecular formula is C28H31FN4O7S. The number of hydrazone groups is 1. The van der Waals surface area contributed by atoms with E-state index in [9.17, 15) is 22.4 Å². The summed E-state index contributed by atoms with van der Waals surface area (Å²) in [5.74, 6) is -0.580. The van der Waals surface area contributed by atoms with Crippen molar-refractivity contribution >= 4 is 33.7 Å². The summed E-state index contributed by atoms with van der Waals surface area (Å²) in [5, 5.41) is 6.62. The van der Waals surface area contributed by atoms with E-state index in [1.165, 1.54) is 50.8 Å². The first-order chi connectivity index (χ1) is 19.5. The average Bonchev–Trinajstić information content (AvgIpc) is 2.95. The molecule has 3 aromatic rings. The summed E-state index contributed by atoms with van der Waals surface area (Å²) in [4.78, 5) is 24.3. The molecule has 2 amide bonds. The highest BCUT2D eigenvalue weighted by Crippen LogP contribution is 2.32. The van der Waals surface area contributed by atoms with E-state index in [0.717, 1.165) is 16.4 Å². The summed E-state index contributed by atoms with van der Waals surface area (Å²) in [6, 6.07) is 15.3. The number of rotatable bonds is 13. The van der Waals surface area contributed by atoms with Gasteiger partial charge in [0.25, 0.3) is 21.8 Å². The third-order valence-electron chi connectivity index (χ3n) is 5.45. The monoisotopic (exact) mass is 586 g/mol. The van der Waals surface area contributed by atoms with Crippen LogP contribution in [0.25, 0.3) is 0 Å². The Bertz CT molecular complexity index is 1480. The molecule has 13 heteroatoms. The van der Waals surface area contributed by atoms with Gasteiger partial charge < -0.3 is 19.5 Å². The second-order valence-corrected chi connectivity index (χ2v) is 10.7. The molecule has 41 heavy (non-hydrogen) atoms. The Kier molecular flexibility index (Phi) is 10.6. The van der Waals surface area contributed by atoms with Crippen LogP contribution in [-0.4, -0.2) is 59.9 Å². The number of anilines is 1. The lowest BCUT2D eigenvalue weighted by Crippen LogP contribution is -2.39. The smallest absolute Gasteiger partial charge is 0.264 e. The molecule has 0 spiro atoms. The van der Waals surface area contributed by atoms with Crippen molar-refractivity contribution in [3.05, 3.63) is 78.1 Å². The van der Waals surface area contributed by atoms with Crippen LogP contribution >= 0.6 is 0 Å². The Morgan fingerprint density at radius 1 is 0.951 bits per heavy atom. The van der Waals surface area contributed by atoms with Crippen LogP contribution in [0.2, 0.25) is 0 Å². The number of halogens is 1. The van der Waals surface area contributed by atoms with Crippen molar-refractivity contribution in [3.63, 3.8) is 0 Å². The fourth-order valence-corrected chi connectivity index (χ4v) is 4.97. The number of sulfonamides is 1. The molecule has 2 N–H and O–H groups in total. The Balaban J connectivity index is 1.72. The standard InChI is InChI=1S/C28H31FN4O7S/c1-19(2)31-28(35)18-40-23-11-5-20(6-12-23)16-30-32-27(34)17-33(22-9-7-21(29)8-10-22)41(36,37)24-13-14-25(38-3)26(15-24)39-4/h5-16,19H,17-18H2,1-4H3,(H,31,35)(H,32,34)/b30-16-. The molecule has 0 saturated heterocycles. The fourth-order valence-electron chi connectivity index (χ4n) is 3.53. The van der Waals surface area contributed by atoms with Crippen LogP contribution in [0.4, 0.5) is 10.1 Å². The van der Waals surface area contributed by atoms with Crippen molar-refractivity contribution in [1.29, 1.82) is 0 Å². The highest BCUT2D eigenvalue weighted by Gasteiger charge is 2.28. The summed E-state index contributed by atoms with van der Waals surface area (Å²) in [6.07, 6.45) is 1.36. The van der Waals surface area contributed by atoms with E-state index in [2.05, 4.69) is 15.8 Å². The van der Waals surface area contributed by atoms with E-state index >= 15 is 0 Å². The average molecular weight is 587 g/mol. The van der Waals surface area contributed by atoms with E-state index < -0.39 is 28.3 Å². The third kappa shape index (κ3) is 8.67. The molecule has 0 atom stereocenters. The van der Waals surface area contributed by atoms with Gasteiger partial charge in [-0.2, -0.15) is 5.10 Å². The van der Waals surface area contributed by atoms with Crippen LogP contribution < -0.4 is 29.3 Å². The van der Waals surface area contributed by atoms with Gasteiger partial charge in [-0.15, -0.1) is 0 Å². The lowest BCUT2D eigenvalue weighted by atomic mass is 10.2. The predicted molar refractivity (Wildman–Crippen MR) is 151 cm³/mol. The number of benzene rings is 3. The van der Waals surface area contributed by atoms with Crippen molar-refractivity contribution in [2.45, 2.75) is 24.8 Å². The maximum atomic E-state index is 13.6. The summed E-state index contributed by atoms with van der Waals surface area (Å²) in [5.41, 5.74) is 2.98. The van der Waals surface area contributed by atoms with Gasteiger partial charge in [-0.25, -0.2) is 18.2 Å². The molecule has 0 fully saturated rings. The van der Waals surface area contributed by atoms with Crippen molar-refractivity contribution in [2.75, 3.05) is 31.7 Å². The lowest BCUT2D eigenvalue weighted by Gasteiger charge is -2.24. The van der Waals surface area contributed by atoms with Crippen molar-refractivity contribution < 1.29 is 36.6 Å². The van der Waals surface area contributed by atoms with Crippen LogP contribution in [-0.2, 0) is 19.6 Å². The molecule has 0 aliphatic heterocycles. The second-order valence-electron chi connectivity index (χ2n) is 8.88. The van der Waals surface area contributed by atoms with Crippen molar-refractivity contribution in [3.8, 4) is 17.2 Å². The number of nitrogens with zero attached hydrogens (tertiary/aromatic N) is 2. The molecule has 0 aliphatic carbocycles. The van der Waals surface area contributed by atoms with E-state index in [1.807, 2.05) is 13.8 Å². The maximum Gasteiger partial charge on any atom is 0.264 e. The van der Waals surface area contributed by atoms with Crippen molar-refractivity contribution in [1.82, 2.24) is 10.7 Å². The highest BCUT2D eigenvalue weighted by atomic mass is 32.2. The SMILES string of the molecule is COc1ccc(S(=O)(=O)N(CC(=O)N/N=C\c2ccc(OCC(=O)NC(C)C)cc2)c2ccc(F)cc2)cc1OC. The first-order valence-electron chi connectivity index (χ1n) is 12.4. The van der Waals surface area contributed by atoms with Crippen LogP contribution in [0.5, 0.6) is 17.2 Å². The largest absolute Gasteiger partial charge is 0.493 e. The molecule has 0 unspecified atom stereocenters. The van der Waals surface area contributed by atoms with Gasteiger partial charge in [0.2, 0.25) is 0 Å². The second kappa shape index (κ2) is 14.1. The number of methoxy groups -OCH3 is 2. The third-order valence-corrected chi connectivity index (χ3v) is 7.22. The Labute approximate surface area is 238 Å². The van der Waals surface area contributed by atoms with Gasteiger partial charge in [0.15, 0.2) is 18.1 Å². The zero-order valence-electron chi connectivity index (χ0n) is 23.0. The molecule has 0 bridgehead atoms. The summed E-state index contributed by atoms with van der Waals surface area (Å²) < 4.78 is 57.4. The van der Waals surface area contributed by atoms with Crippen LogP contribution in [0.3, 0.4) is 0 Å². The summed E-state index contributed by atoms with van der Waals surface area (Å²) >= 11 is 0. The number of ether oxygens (including phenoxy) is 3. The minimum Gasteiger partial charge on any atom is -0.493 e. The molecular weight excluding hydrogens is 555 g/mol. The van der Waals surface area contributed by atoms with Crippen molar-refractivity contribution in [2.24, 2.45) is 5.10 Å². The molecule has 0 aliphatic rings. The van der Waals surface area contributed by atoms with Gasteiger partial charge >= 0.3 is 0 Å². The van der Waals surface area contributed by atoms with Gasteiger partial charge in [0.05, 0.1) is 31.0 Å². The Morgan fingerprint density at radius 3 is 2.22 bits per heavy atom. The molecule has 3 aromatic carbocycles. The lowest BCUT2D eigenvalue weighted by molar-refractivity contribution is -0.123. The highest BCUT2D eigenvalue weighted by molar-refractivity contribution is 7.92. The molecule has 0 radical (unpaired) electrons. The van der Waals surface area contributed by atoms with E-state index in [-0.39, 0.29) is 34.9 Å². The Hall–Kier alpha value is -4.65. The van der Waals surface area contributed by atoms with Gasteiger partial charge in [-0.05, 0) is 80.1 Å². The first-order valence-corrected chi connectivity index (χ1v) is 13.8. The number of hydrogen-bond acceptors (Lipinski definition) is 8. The van der Waals surface area contributed by atoms with Crippen LogP contribution in [0, 0.1) is 5.82 Å². The number of amides is 2. The zero-order valence-corrected chi connectivity index (χ0v) is 23.8. The molecule has 0 heterocycles. The predicted octanol–water partition coefficient (Wildman–Crippen LogP) is 3.09. The van der Waals surface area contributed by atoms with E-state index in [0.29, 0.717) is 17.1 Å². The minimum atomic E-state index is -4.30. The number of hydrogen-bond donors (Lipinski definition) is 2. The van der Waals surface area contributed by atoms with Crippen LogP contribution in [0.1, 0.15) is 19.4 Å². The minimum absolute atomic E-state index is 0.00809. The first kappa shape index (κ1) is 30.9. The quantitative estimate of drug-likeness (QED) is 0.232. The summed E-state index contributed by atoms with van der Waals surface area (Å²) in [7, 11) is -1.52. The summed E-state index contributed by atoms with van der Waals surface area (Å²) in [6.45, 7) is 2.92. The molecule has 0 aromatic heterocycles.